The molecule has 0 atom stereocenters. The van der Waals surface area contributed by atoms with E-state index in [2.05, 4.69) is 107 Å². The molecule has 2 aliphatic rings. The zero-order chi connectivity index (χ0) is 26.3. The number of rotatable bonds is 2. The van der Waals surface area contributed by atoms with E-state index >= 15 is 0 Å². The number of nitrogens with zero attached hydrogens (tertiary/aromatic N) is 4. The molecule has 4 aromatic carbocycles. The Bertz CT molecular complexity index is 2060. The minimum absolute atomic E-state index is 0.450. The third-order valence-electron chi connectivity index (χ3n) is 8.52. The van der Waals surface area contributed by atoms with Crippen LogP contribution < -0.4 is 0 Å². The highest BCUT2D eigenvalue weighted by Crippen LogP contribution is 2.60. The van der Waals surface area contributed by atoms with Crippen molar-refractivity contribution in [2.45, 2.75) is 5.41 Å². The molecule has 0 bridgehead atoms. The number of hydrogen-bond donors (Lipinski definition) is 0. The summed E-state index contributed by atoms with van der Waals surface area (Å²) >= 11 is 0. The van der Waals surface area contributed by atoms with E-state index in [1.54, 1.807) is 6.20 Å². The first kappa shape index (κ1) is 21.6. The third-order valence-corrected chi connectivity index (χ3v) is 8.52. The zero-order valence-electron chi connectivity index (χ0n) is 21.5. The van der Waals surface area contributed by atoms with E-state index < -0.39 is 5.41 Å². The standard InChI is InChI=1S/C36H22N4/c1-3-11-27-25(9-1)26-10-2-4-12-28(26)36(27)29-13-5-6-15-33(29)40-34-19-17-23(21-32(34)39-35(36)40)24-16-18-31(38-22-24)30-14-7-8-20-37-30/h1-22H. The fourth-order valence-electron chi connectivity index (χ4n) is 6.86. The maximum atomic E-state index is 5.42. The zero-order valence-corrected chi connectivity index (χ0v) is 21.5. The highest BCUT2D eigenvalue weighted by atomic mass is 15.1. The molecule has 0 unspecified atom stereocenters. The summed E-state index contributed by atoms with van der Waals surface area (Å²) in [5.41, 5.74) is 13.2. The average molecular weight is 511 g/mol. The highest BCUT2D eigenvalue weighted by molar-refractivity contribution is 5.92. The van der Waals surface area contributed by atoms with Gasteiger partial charge >= 0.3 is 0 Å². The van der Waals surface area contributed by atoms with Gasteiger partial charge in [0.15, 0.2) is 0 Å². The quantitative estimate of drug-likeness (QED) is 0.238. The van der Waals surface area contributed by atoms with Gasteiger partial charge < -0.3 is 0 Å². The molecule has 7 aromatic rings. The Balaban J connectivity index is 1.26. The van der Waals surface area contributed by atoms with Crippen LogP contribution in [0.5, 0.6) is 0 Å². The molecule has 0 amide bonds. The Kier molecular flexibility index (Phi) is 4.23. The monoisotopic (exact) mass is 510 g/mol. The van der Waals surface area contributed by atoms with Crippen molar-refractivity contribution in [2.24, 2.45) is 0 Å². The van der Waals surface area contributed by atoms with Crippen molar-refractivity contribution in [3.63, 3.8) is 0 Å². The maximum Gasteiger partial charge on any atom is 0.134 e. The van der Waals surface area contributed by atoms with Crippen LogP contribution in [0.15, 0.2) is 134 Å². The first-order chi connectivity index (χ1) is 19.8. The largest absolute Gasteiger partial charge is 0.295 e. The second kappa shape index (κ2) is 7.84. The van der Waals surface area contributed by atoms with Crippen molar-refractivity contribution in [1.82, 2.24) is 19.5 Å². The van der Waals surface area contributed by atoms with Gasteiger partial charge in [-0.15, -0.1) is 0 Å². The van der Waals surface area contributed by atoms with E-state index in [4.69, 9.17) is 9.97 Å². The lowest BCUT2D eigenvalue weighted by atomic mass is 9.73. The molecular weight excluding hydrogens is 488 g/mol. The van der Waals surface area contributed by atoms with Crippen LogP contribution in [-0.2, 0) is 5.41 Å². The van der Waals surface area contributed by atoms with Gasteiger partial charge in [0.1, 0.15) is 11.2 Å². The van der Waals surface area contributed by atoms with Crippen LogP contribution in [0.4, 0.5) is 0 Å². The van der Waals surface area contributed by atoms with Gasteiger partial charge in [0.05, 0.1) is 28.1 Å². The van der Waals surface area contributed by atoms with Crippen LogP contribution in [0.3, 0.4) is 0 Å². The Morgan fingerprint density at radius 2 is 1.23 bits per heavy atom. The van der Waals surface area contributed by atoms with E-state index in [0.29, 0.717) is 0 Å². The molecule has 3 aromatic heterocycles. The summed E-state index contributed by atoms with van der Waals surface area (Å²) in [6, 6.07) is 43.0. The summed E-state index contributed by atoms with van der Waals surface area (Å²) in [7, 11) is 0. The van der Waals surface area contributed by atoms with Gasteiger partial charge in [0.25, 0.3) is 0 Å². The predicted octanol–water partition coefficient (Wildman–Crippen LogP) is 7.83. The average Bonchev–Trinajstić information content (AvgIpc) is 3.65. The van der Waals surface area contributed by atoms with Crippen molar-refractivity contribution < 1.29 is 0 Å². The summed E-state index contributed by atoms with van der Waals surface area (Å²) in [6.45, 7) is 0. The van der Waals surface area contributed by atoms with Crippen LogP contribution >= 0.6 is 0 Å². The topological polar surface area (TPSA) is 43.6 Å². The van der Waals surface area contributed by atoms with Crippen LogP contribution in [0.1, 0.15) is 22.5 Å². The fourth-order valence-corrected chi connectivity index (χ4v) is 6.86. The predicted molar refractivity (Wildman–Crippen MR) is 158 cm³/mol. The molecule has 0 fully saturated rings. The summed E-state index contributed by atoms with van der Waals surface area (Å²) in [6.07, 6.45) is 3.72. The van der Waals surface area contributed by atoms with E-state index in [1.165, 1.54) is 33.5 Å². The van der Waals surface area contributed by atoms with Gasteiger partial charge in [-0.1, -0.05) is 84.9 Å². The molecular formula is C36H22N4. The number of hydrogen-bond acceptors (Lipinski definition) is 3. The lowest BCUT2D eigenvalue weighted by Gasteiger charge is -2.27. The van der Waals surface area contributed by atoms with E-state index in [-0.39, 0.29) is 0 Å². The van der Waals surface area contributed by atoms with Gasteiger partial charge in [-0.3, -0.25) is 14.5 Å². The molecule has 0 N–H and O–H groups in total. The van der Waals surface area contributed by atoms with Crippen molar-refractivity contribution in [1.29, 1.82) is 0 Å². The van der Waals surface area contributed by atoms with Crippen molar-refractivity contribution in [2.75, 3.05) is 0 Å². The maximum absolute atomic E-state index is 5.42. The van der Waals surface area contributed by atoms with Gasteiger partial charge in [0, 0.05) is 18.0 Å². The lowest BCUT2D eigenvalue weighted by molar-refractivity contribution is 0.738. The van der Waals surface area contributed by atoms with E-state index in [1.807, 2.05) is 30.5 Å². The molecule has 186 valence electrons. The van der Waals surface area contributed by atoms with Gasteiger partial charge in [-0.2, -0.15) is 0 Å². The minimum atomic E-state index is -0.450. The van der Waals surface area contributed by atoms with Crippen LogP contribution in [0, 0.1) is 0 Å². The van der Waals surface area contributed by atoms with Crippen molar-refractivity contribution in [3.05, 3.63) is 156 Å². The number of fused-ring (bicyclic) bond motifs is 12. The molecule has 1 aliphatic carbocycles. The van der Waals surface area contributed by atoms with Gasteiger partial charge in [-0.25, -0.2) is 4.98 Å². The highest BCUT2D eigenvalue weighted by Gasteiger charge is 2.53. The number of imidazole rings is 1. The number of aromatic nitrogens is 4. The van der Waals surface area contributed by atoms with Gasteiger partial charge in [-0.05, 0) is 69.8 Å². The smallest absolute Gasteiger partial charge is 0.134 e. The van der Waals surface area contributed by atoms with Crippen LogP contribution in [0.25, 0.3) is 50.4 Å². The molecule has 4 heteroatoms. The lowest BCUT2D eigenvalue weighted by Crippen LogP contribution is -2.27. The first-order valence-corrected chi connectivity index (χ1v) is 13.5. The van der Waals surface area contributed by atoms with E-state index in [0.717, 1.165) is 39.4 Å². The Morgan fingerprint density at radius 1 is 0.550 bits per heavy atom. The SMILES string of the molecule is c1ccc(-c2ccc(-c3ccc4c(c3)nc3n4-c4ccccc4C34c3ccccc3-c3ccccc34)cn2)nc1. The minimum Gasteiger partial charge on any atom is -0.295 e. The van der Waals surface area contributed by atoms with Crippen molar-refractivity contribution in [3.8, 4) is 39.3 Å². The van der Waals surface area contributed by atoms with Crippen molar-refractivity contribution >= 4 is 11.0 Å². The molecule has 4 nitrogen and oxygen atoms in total. The molecule has 1 aliphatic heterocycles. The molecule has 4 heterocycles. The summed E-state index contributed by atoms with van der Waals surface area (Å²) < 4.78 is 2.37. The summed E-state index contributed by atoms with van der Waals surface area (Å²) in [5.74, 6) is 1.06. The molecule has 40 heavy (non-hydrogen) atoms. The molecule has 0 saturated carbocycles. The number of benzene rings is 4. The normalized spacial score (nSPS) is 13.7. The first-order valence-electron chi connectivity index (χ1n) is 13.5. The summed E-state index contributed by atoms with van der Waals surface area (Å²) in [4.78, 5) is 14.6. The summed E-state index contributed by atoms with van der Waals surface area (Å²) in [5, 5.41) is 0. The number of pyridine rings is 2. The van der Waals surface area contributed by atoms with Gasteiger partial charge in [0.2, 0.25) is 0 Å². The molecule has 0 radical (unpaired) electrons. The fraction of sp³-hybridized carbons (Fsp3) is 0.0278. The Morgan fingerprint density at radius 3 is 1.95 bits per heavy atom. The third kappa shape index (κ3) is 2.67. The second-order valence-corrected chi connectivity index (χ2v) is 10.5. The van der Waals surface area contributed by atoms with Crippen LogP contribution in [-0.4, -0.2) is 19.5 Å². The number of para-hydroxylation sites is 1. The molecule has 1 spiro atoms. The second-order valence-electron chi connectivity index (χ2n) is 10.5. The molecule has 9 rings (SSSR count). The Labute approximate surface area is 231 Å². The molecule has 0 saturated heterocycles. The van der Waals surface area contributed by atoms with Crippen LogP contribution in [0.2, 0.25) is 0 Å². The Hall–Kier alpha value is -5.35. The van der Waals surface area contributed by atoms with E-state index in [9.17, 15) is 0 Å².